The van der Waals surface area contributed by atoms with Gasteiger partial charge in [-0.05, 0) is 0 Å². The van der Waals surface area contributed by atoms with Crippen molar-refractivity contribution >= 4 is 0 Å². The predicted octanol–water partition coefficient (Wildman–Crippen LogP) is 4.58. The minimum absolute atomic E-state index is 0.500. The zero-order valence-electron chi connectivity index (χ0n) is 9.36. The third-order valence-corrected chi connectivity index (χ3v) is 2.61. The molecule has 1 aromatic rings. The van der Waals surface area contributed by atoms with Gasteiger partial charge in [-0.25, -0.2) is 22.0 Å². The van der Waals surface area contributed by atoms with Crippen LogP contribution in [0, 0.1) is 23.3 Å². The lowest BCUT2D eigenvalue weighted by Crippen LogP contribution is -2.35. The molecule has 2 rings (SSSR count). The molecule has 0 saturated heterocycles. The molecule has 0 aromatic heterocycles. The summed E-state index contributed by atoms with van der Waals surface area (Å²) in [6.07, 6.45) is -3.97. The molecule has 114 valence electrons. The normalized spacial score (nSPS) is 22.1. The Bertz CT molecular complexity index is 536. The van der Waals surface area contributed by atoms with Gasteiger partial charge < -0.3 is 0 Å². The van der Waals surface area contributed by atoms with E-state index in [0.717, 1.165) is 0 Å². The van der Waals surface area contributed by atoms with Crippen LogP contribution in [0.5, 0.6) is 0 Å². The predicted molar refractivity (Wildman–Crippen MR) is 46.0 cm³/mol. The molecule has 0 fully saturated rings. The van der Waals surface area contributed by atoms with Gasteiger partial charge in [-0.2, -0.15) is 17.6 Å². The van der Waals surface area contributed by atoms with E-state index in [1.54, 1.807) is 0 Å². The Balaban J connectivity index is 0.000000956. The van der Waals surface area contributed by atoms with Crippen molar-refractivity contribution in [1.29, 1.82) is 0 Å². The van der Waals surface area contributed by atoms with Crippen LogP contribution in [-0.2, 0) is 5.92 Å². The molecule has 10 heteroatoms. The highest BCUT2D eigenvalue weighted by Gasteiger charge is 2.72. The van der Waals surface area contributed by atoms with Crippen LogP contribution in [0.3, 0.4) is 0 Å². The van der Waals surface area contributed by atoms with Crippen molar-refractivity contribution in [1.82, 2.24) is 0 Å². The Hall–Kier alpha value is -1.48. The summed E-state index contributed by atoms with van der Waals surface area (Å²) in [5.74, 6) is -21.6. The average Bonchev–Trinajstić information content (AvgIpc) is 2.54. The summed E-state index contributed by atoms with van der Waals surface area (Å²) in [7, 11) is 0.500. The topological polar surface area (TPSA) is 0 Å². The molecule has 1 aliphatic carbocycles. The van der Waals surface area contributed by atoms with Crippen molar-refractivity contribution in [2.75, 3.05) is 7.18 Å². The Kier molecular flexibility index (Phi) is 3.99. The smallest absolute Gasteiger partial charge is 0.255 e. The number of hydrogen-bond acceptors (Lipinski definition) is 0. The maximum absolute atomic E-state index is 13.0. The van der Waals surface area contributed by atoms with Crippen LogP contribution < -0.4 is 0 Å². The molecule has 0 aliphatic heterocycles. The molecule has 0 N–H and O–H groups in total. The monoisotopic (exact) mass is 314 g/mol. The van der Waals surface area contributed by atoms with E-state index >= 15 is 0 Å². The van der Waals surface area contributed by atoms with Gasteiger partial charge >= 0.3 is 11.8 Å². The van der Waals surface area contributed by atoms with Crippen LogP contribution in [0.25, 0.3) is 0 Å². The number of benzene rings is 1. The third-order valence-electron chi connectivity index (χ3n) is 2.61. The van der Waals surface area contributed by atoms with Crippen molar-refractivity contribution in [3.05, 3.63) is 34.4 Å². The molecule has 0 radical (unpaired) electrons. The second kappa shape index (κ2) is 4.81. The van der Waals surface area contributed by atoms with Crippen LogP contribution in [0.1, 0.15) is 17.3 Å². The first-order chi connectivity index (χ1) is 9.05. The van der Waals surface area contributed by atoms with Gasteiger partial charge in [0, 0.05) is 5.56 Å². The maximum Gasteiger partial charge on any atom is 0.349 e. The summed E-state index contributed by atoms with van der Waals surface area (Å²) in [5.41, 5.74) is -4.68. The van der Waals surface area contributed by atoms with Gasteiger partial charge in [0.25, 0.3) is 0 Å². The van der Waals surface area contributed by atoms with Crippen LogP contribution >= 0.6 is 0 Å². The molecule has 0 nitrogen and oxygen atoms in total. The van der Waals surface area contributed by atoms with Crippen molar-refractivity contribution in [2.24, 2.45) is 0 Å². The van der Waals surface area contributed by atoms with Crippen LogP contribution in [-0.4, -0.2) is 13.1 Å². The first-order valence-corrected chi connectivity index (χ1v) is 4.69. The Labute approximate surface area is 105 Å². The highest BCUT2D eigenvalue weighted by molar-refractivity contribution is 5.44. The molecule has 0 amide bonds. The number of halogens is 10. The van der Waals surface area contributed by atoms with Gasteiger partial charge in [-0.3, -0.25) is 4.39 Å². The molecule has 1 aromatic carbocycles. The van der Waals surface area contributed by atoms with Gasteiger partial charge in [0.2, 0.25) is 0 Å². The van der Waals surface area contributed by atoms with Gasteiger partial charge in [0.1, 0.15) is 0 Å². The zero-order valence-corrected chi connectivity index (χ0v) is 9.36. The van der Waals surface area contributed by atoms with Crippen LogP contribution in [0.4, 0.5) is 43.9 Å². The molecule has 0 spiro atoms. The summed E-state index contributed by atoms with van der Waals surface area (Å²) in [6, 6.07) is 0. The van der Waals surface area contributed by atoms with Crippen molar-refractivity contribution in [3.8, 4) is 0 Å². The number of hydrogen-bond donors (Lipinski definition) is 0. The quantitative estimate of drug-likeness (QED) is 0.373. The van der Waals surface area contributed by atoms with E-state index in [0.29, 0.717) is 7.18 Å². The summed E-state index contributed by atoms with van der Waals surface area (Å²) >= 11 is 0. The Morgan fingerprint density at radius 2 is 1.15 bits per heavy atom. The van der Waals surface area contributed by atoms with E-state index < -0.39 is 52.4 Å². The van der Waals surface area contributed by atoms with Crippen molar-refractivity contribution in [2.45, 2.75) is 18.0 Å². The largest absolute Gasteiger partial charge is 0.349 e. The van der Waals surface area contributed by atoms with Crippen LogP contribution in [0.2, 0.25) is 0 Å². The lowest BCUT2D eigenvalue weighted by molar-refractivity contribution is -0.233. The summed E-state index contributed by atoms with van der Waals surface area (Å²) in [6.45, 7) is 0. The highest BCUT2D eigenvalue weighted by atomic mass is 19.3. The zero-order chi connectivity index (χ0) is 16.0. The molecular weight excluding hydrogens is 310 g/mol. The lowest BCUT2D eigenvalue weighted by Gasteiger charge is -2.20. The molecule has 1 aliphatic rings. The highest BCUT2D eigenvalue weighted by Crippen LogP contribution is 2.60. The molecule has 0 saturated carbocycles. The van der Waals surface area contributed by atoms with E-state index in [1.807, 2.05) is 0 Å². The van der Waals surface area contributed by atoms with Crippen LogP contribution in [0.15, 0.2) is 0 Å². The van der Waals surface area contributed by atoms with Gasteiger partial charge in [0.15, 0.2) is 29.4 Å². The lowest BCUT2D eigenvalue weighted by atomic mass is 10.1. The number of alkyl halides is 6. The van der Waals surface area contributed by atoms with E-state index in [-0.39, 0.29) is 0 Å². The maximum atomic E-state index is 13.0. The molecule has 20 heavy (non-hydrogen) atoms. The standard InChI is InChI=1S/C9HF9.CH3F/c10-3-1-2(4(11)6(13)5(3)12)8(15,16)9(17,18)7(1)14;1-2/h7H;1H3. The Morgan fingerprint density at radius 3 is 1.60 bits per heavy atom. The van der Waals surface area contributed by atoms with Gasteiger partial charge in [0.05, 0.1) is 12.7 Å². The number of rotatable bonds is 0. The van der Waals surface area contributed by atoms with E-state index in [2.05, 4.69) is 0 Å². The summed E-state index contributed by atoms with van der Waals surface area (Å²) in [5, 5.41) is 0. The van der Waals surface area contributed by atoms with Gasteiger partial charge in [-0.15, -0.1) is 0 Å². The second-order valence-electron chi connectivity index (χ2n) is 3.60. The molecule has 0 bridgehead atoms. The third kappa shape index (κ3) is 1.76. The minimum Gasteiger partial charge on any atom is -0.255 e. The molecule has 1 atom stereocenters. The summed E-state index contributed by atoms with van der Waals surface area (Å²) in [4.78, 5) is 0. The second-order valence-corrected chi connectivity index (χ2v) is 3.60. The van der Waals surface area contributed by atoms with E-state index in [4.69, 9.17) is 0 Å². The molecular formula is C10H4F10. The SMILES string of the molecule is CF.Fc1c(F)c(F)c2c(c1F)C(F)C(F)(F)C2(F)F. The van der Waals surface area contributed by atoms with Crippen molar-refractivity contribution < 1.29 is 43.9 Å². The molecule has 1 unspecified atom stereocenters. The molecule has 0 heterocycles. The fourth-order valence-electron chi connectivity index (χ4n) is 1.70. The fourth-order valence-corrected chi connectivity index (χ4v) is 1.70. The van der Waals surface area contributed by atoms with E-state index in [9.17, 15) is 43.9 Å². The van der Waals surface area contributed by atoms with E-state index in [1.165, 1.54) is 0 Å². The minimum atomic E-state index is -5.49. The first kappa shape index (κ1) is 16.6. The summed E-state index contributed by atoms with van der Waals surface area (Å²) < 4.78 is 126. The van der Waals surface area contributed by atoms with Gasteiger partial charge in [-0.1, -0.05) is 0 Å². The Morgan fingerprint density at radius 1 is 0.750 bits per heavy atom. The fraction of sp³-hybridized carbons (Fsp3) is 0.400. The number of fused-ring (bicyclic) bond motifs is 1. The van der Waals surface area contributed by atoms with Crippen molar-refractivity contribution in [3.63, 3.8) is 0 Å². The first-order valence-electron chi connectivity index (χ1n) is 4.69. The average molecular weight is 314 g/mol.